The molecule has 32 heavy (non-hydrogen) atoms. The third-order valence-electron chi connectivity index (χ3n) is 6.12. The van der Waals surface area contributed by atoms with E-state index < -0.39 is 0 Å². The molecule has 0 unspecified atom stereocenters. The Bertz CT molecular complexity index is 976. The Morgan fingerprint density at radius 2 is 1.53 bits per heavy atom. The summed E-state index contributed by atoms with van der Waals surface area (Å²) in [6.07, 6.45) is 1.83. The molecule has 3 aromatic carbocycles. The molecule has 1 amide bonds. The second-order valence-electron chi connectivity index (χ2n) is 8.67. The van der Waals surface area contributed by atoms with Gasteiger partial charge in [-0.2, -0.15) is 0 Å². The Labute approximate surface area is 191 Å². The van der Waals surface area contributed by atoms with E-state index in [4.69, 9.17) is 4.74 Å². The molecule has 1 fully saturated rings. The lowest BCUT2D eigenvalue weighted by molar-refractivity contribution is -0.126. The molecule has 0 atom stereocenters. The molecule has 1 saturated heterocycles. The highest BCUT2D eigenvalue weighted by atomic mass is 16.5. The smallest absolute Gasteiger partial charge is 0.223 e. The molecule has 1 aliphatic heterocycles. The number of likely N-dealkylation sites (tertiary alicyclic amines) is 1. The molecule has 166 valence electrons. The predicted molar refractivity (Wildman–Crippen MR) is 128 cm³/mol. The summed E-state index contributed by atoms with van der Waals surface area (Å²) in [6.45, 7) is 6.09. The van der Waals surface area contributed by atoms with Gasteiger partial charge in [0.25, 0.3) is 0 Å². The minimum Gasteiger partial charge on any atom is -0.489 e. The molecule has 4 rings (SSSR count). The lowest BCUT2D eigenvalue weighted by atomic mass is 9.95. The van der Waals surface area contributed by atoms with Crippen LogP contribution in [-0.2, 0) is 24.5 Å². The summed E-state index contributed by atoms with van der Waals surface area (Å²) in [5, 5.41) is 3.11. The highest BCUT2D eigenvalue weighted by molar-refractivity contribution is 5.78. The van der Waals surface area contributed by atoms with Gasteiger partial charge in [-0.25, -0.2) is 0 Å². The highest BCUT2D eigenvalue weighted by Gasteiger charge is 2.24. The number of hydrogen-bond acceptors (Lipinski definition) is 3. The fraction of sp³-hybridized carbons (Fsp3) is 0.321. The first-order valence-electron chi connectivity index (χ1n) is 11.5. The van der Waals surface area contributed by atoms with Crippen LogP contribution >= 0.6 is 0 Å². The van der Waals surface area contributed by atoms with Gasteiger partial charge in [0.1, 0.15) is 12.4 Å². The van der Waals surface area contributed by atoms with Gasteiger partial charge in [0, 0.05) is 19.0 Å². The van der Waals surface area contributed by atoms with Gasteiger partial charge in [-0.05, 0) is 61.7 Å². The van der Waals surface area contributed by atoms with E-state index in [0.717, 1.165) is 43.8 Å². The van der Waals surface area contributed by atoms with Crippen LogP contribution in [0.5, 0.6) is 5.75 Å². The zero-order chi connectivity index (χ0) is 22.2. The average molecular weight is 429 g/mol. The summed E-state index contributed by atoms with van der Waals surface area (Å²) in [5.74, 6) is 1.19. The maximum Gasteiger partial charge on any atom is 0.223 e. The van der Waals surface area contributed by atoms with Gasteiger partial charge >= 0.3 is 0 Å². The highest BCUT2D eigenvalue weighted by Crippen LogP contribution is 2.21. The Hall–Kier alpha value is -3.11. The van der Waals surface area contributed by atoms with E-state index in [1.54, 1.807) is 0 Å². The molecular formula is C28H32N2O2. The minimum absolute atomic E-state index is 0.116. The minimum atomic E-state index is 0.116. The number of rotatable bonds is 8. The summed E-state index contributed by atoms with van der Waals surface area (Å²) >= 11 is 0. The standard InChI is InChI=1S/C28H32N2O2/c1-22-7-9-23(10-8-22)19-29-28(31)26-15-17-30(18-16-26)20-24-11-13-27(14-12-24)32-21-25-5-3-2-4-6-25/h2-14,26H,15-21H2,1H3,(H,29,31). The number of aryl methyl sites for hydroxylation is 1. The van der Waals surface area contributed by atoms with Crippen LogP contribution in [0.4, 0.5) is 0 Å². The number of nitrogens with zero attached hydrogens (tertiary/aromatic N) is 1. The van der Waals surface area contributed by atoms with Gasteiger partial charge in [0.05, 0.1) is 0 Å². The van der Waals surface area contributed by atoms with Crippen molar-refractivity contribution in [1.82, 2.24) is 10.2 Å². The Kier molecular flexibility index (Phi) is 7.57. The average Bonchev–Trinajstić information content (AvgIpc) is 2.84. The number of amides is 1. The molecule has 1 heterocycles. The van der Waals surface area contributed by atoms with Crippen molar-refractivity contribution < 1.29 is 9.53 Å². The van der Waals surface area contributed by atoms with Gasteiger partial charge in [0.2, 0.25) is 5.91 Å². The zero-order valence-electron chi connectivity index (χ0n) is 18.8. The molecule has 4 nitrogen and oxygen atoms in total. The fourth-order valence-corrected chi connectivity index (χ4v) is 4.08. The van der Waals surface area contributed by atoms with Gasteiger partial charge in [-0.3, -0.25) is 9.69 Å². The molecule has 0 aliphatic carbocycles. The quantitative estimate of drug-likeness (QED) is 0.543. The van der Waals surface area contributed by atoms with Crippen LogP contribution in [0, 0.1) is 12.8 Å². The van der Waals surface area contributed by atoms with Crippen molar-refractivity contribution in [2.24, 2.45) is 5.92 Å². The third-order valence-corrected chi connectivity index (χ3v) is 6.12. The predicted octanol–water partition coefficient (Wildman–Crippen LogP) is 5.10. The maximum atomic E-state index is 12.6. The van der Waals surface area contributed by atoms with Crippen LogP contribution in [0.1, 0.15) is 35.1 Å². The zero-order valence-corrected chi connectivity index (χ0v) is 18.8. The number of hydrogen-bond donors (Lipinski definition) is 1. The molecule has 1 aliphatic rings. The maximum absolute atomic E-state index is 12.6. The van der Waals surface area contributed by atoms with E-state index >= 15 is 0 Å². The van der Waals surface area contributed by atoms with Crippen LogP contribution in [0.3, 0.4) is 0 Å². The number of carbonyl (C=O) groups is 1. The lowest BCUT2D eigenvalue weighted by Gasteiger charge is -2.31. The number of ether oxygens (including phenoxy) is 1. The SMILES string of the molecule is Cc1ccc(CNC(=O)C2CCN(Cc3ccc(OCc4ccccc4)cc3)CC2)cc1. The van der Waals surface area contributed by atoms with E-state index in [0.29, 0.717) is 13.2 Å². The second kappa shape index (κ2) is 11.0. The van der Waals surface area contributed by atoms with E-state index in [9.17, 15) is 4.79 Å². The van der Waals surface area contributed by atoms with Gasteiger partial charge in [-0.15, -0.1) is 0 Å². The summed E-state index contributed by atoms with van der Waals surface area (Å²) < 4.78 is 5.88. The first kappa shape index (κ1) is 22.1. The monoisotopic (exact) mass is 428 g/mol. The topological polar surface area (TPSA) is 41.6 Å². The van der Waals surface area contributed by atoms with Crippen molar-refractivity contribution in [2.45, 2.75) is 39.5 Å². The van der Waals surface area contributed by atoms with Crippen molar-refractivity contribution in [2.75, 3.05) is 13.1 Å². The molecule has 0 radical (unpaired) electrons. The number of nitrogens with one attached hydrogen (secondary N) is 1. The third kappa shape index (κ3) is 6.44. The lowest BCUT2D eigenvalue weighted by Crippen LogP contribution is -2.40. The van der Waals surface area contributed by atoms with Crippen molar-refractivity contribution in [3.8, 4) is 5.75 Å². The molecule has 0 saturated carbocycles. The molecule has 0 bridgehead atoms. The number of piperidine rings is 1. The van der Waals surface area contributed by atoms with Crippen LogP contribution < -0.4 is 10.1 Å². The number of carbonyl (C=O) groups excluding carboxylic acids is 1. The Morgan fingerprint density at radius 1 is 0.875 bits per heavy atom. The van der Waals surface area contributed by atoms with E-state index in [1.807, 2.05) is 30.3 Å². The second-order valence-corrected chi connectivity index (χ2v) is 8.67. The molecule has 0 spiro atoms. The fourth-order valence-electron chi connectivity index (χ4n) is 4.08. The first-order chi connectivity index (χ1) is 15.7. The van der Waals surface area contributed by atoms with Gasteiger partial charge in [-0.1, -0.05) is 72.3 Å². The molecule has 0 aromatic heterocycles. The van der Waals surface area contributed by atoms with E-state index in [2.05, 4.69) is 65.7 Å². The normalized spacial score (nSPS) is 14.8. The molecule has 3 aromatic rings. The first-order valence-corrected chi connectivity index (χ1v) is 11.5. The van der Waals surface area contributed by atoms with Crippen molar-refractivity contribution >= 4 is 5.91 Å². The van der Waals surface area contributed by atoms with Crippen molar-refractivity contribution in [3.63, 3.8) is 0 Å². The van der Waals surface area contributed by atoms with Crippen molar-refractivity contribution in [1.29, 1.82) is 0 Å². The molecular weight excluding hydrogens is 396 g/mol. The summed E-state index contributed by atoms with van der Waals surface area (Å²) in [5.41, 5.74) is 4.83. The van der Waals surface area contributed by atoms with Gasteiger partial charge in [0.15, 0.2) is 0 Å². The van der Waals surface area contributed by atoms with Crippen molar-refractivity contribution in [3.05, 3.63) is 101 Å². The Morgan fingerprint density at radius 3 is 2.22 bits per heavy atom. The van der Waals surface area contributed by atoms with Crippen LogP contribution in [0.25, 0.3) is 0 Å². The molecule has 4 heteroatoms. The largest absolute Gasteiger partial charge is 0.489 e. The number of benzene rings is 3. The summed E-state index contributed by atoms with van der Waals surface area (Å²) in [6, 6.07) is 26.9. The van der Waals surface area contributed by atoms with Crippen LogP contribution in [-0.4, -0.2) is 23.9 Å². The van der Waals surface area contributed by atoms with E-state index in [1.165, 1.54) is 16.7 Å². The summed E-state index contributed by atoms with van der Waals surface area (Å²) in [4.78, 5) is 15.0. The van der Waals surface area contributed by atoms with Crippen LogP contribution in [0.2, 0.25) is 0 Å². The van der Waals surface area contributed by atoms with Gasteiger partial charge < -0.3 is 10.1 Å². The van der Waals surface area contributed by atoms with E-state index in [-0.39, 0.29) is 11.8 Å². The van der Waals surface area contributed by atoms with Crippen LogP contribution in [0.15, 0.2) is 78.9 Å². The summed E-state index contributed by atoms with van der Waals surface area (Å²) in [7, 11) is 0. The molecule has 1 N–H and O–H groups in total. The Balaban J connectivity index is 1.18.